The van der Waals surface area contributed by atoms with E-state index in [9.17, 15) is 4.79 Å². The zero-order valence-electron chi connectivity index (χ0n) is 11.5. The van der Waals surface area contributed by atoms with Gasteiger partial charge in [0.1, 0.15) is 0 Å². The van der Waals surface area contributed by atoms with E-state index in [-0.39, 0.29) is 12.3 Å². The van der Waals surface area contributed by atoms with Crippen LogP contribution < -0.4 is 5.43 Å². The van der Waals surface area contributed by atoms with E-state index in [1.165, 1.54) is 4.90 Å². The third-order valence-electron chi connectivity index (χ3n) is 2.80. The van der Waals surface area contributed by atoms with Gasteiger partial charge in [-0.2, -0.15) is 5.10 Å². The monoisotopic (exact) mass is 318 g/mol. The molecule has 0 aliphatic rings. The molecule has 0 unspecified atom stereocenters. The van der Waals surface area contributed by atoms with Crippen LogP contribution in [0.3, 0.4) is 0 Å². The van der Waals surface area contributed by atoms with Gasteiger partial charge in [0.15, 0.2) is 0 Å². The maximum atomic E-state index is 11.7. The first-order valence-electron chi connectivity index (χ1n) is 6.38. The molecule has 0 aliphatic carbocycles. The van der Waals surface area contributed by atoms with Crippen LogP contribution in [0, 0.1) is 0 Å². The molecular formula is C16H15ClN2OS. The fourth-order valence-corrected chi connectivity index (χ4v) is 2.23. The molecule has 1 N–H and O–H groups in total. The molecule has 2 aromatic rings. The van der Waals surface area contributed by atoms with Crippen LogP contribution >= 0.6 is 23.4 Å². The number of benzene rings is 2. The summed E-state index contributed by atoms with van der Waals surface area (Å²) >= 11 is 7.48. The summed E-state index contributed by atoms with van der Waals surface area (Å²) in [5, 5.41) is 4.61. The average molecular weight is 319 g/mol. The Morgan fingerprint density at radius 2 is 1.86 bits per heavy atom. The largest absolute Gasteiger partial charge is 0.273 e. The molecule has 0 saturated carbocycles. The highest BCUT2D eigenvalue weighted by Gasteiger charge is 2.01. The standard InChI is InChI=1S/C16H15ClN2OS/c1-21-15-8-4-13(5-9-15)11-18-19-16(20)10-12-2-6-14(17)7-3-12/h2-9,11H,10H2,1H3,(H,19,20)/b18-11+. The van der Waals surface area contributed by atoms with E-state index in [0.717, 1.165) is 11.1 Å². The molecule has 0 radical (unpaired) electrons. The second kappa shape index (κ2) is 7.86. The van der Waals surface area contributed by atoms with Crippen LogP contribution in [0.5, 0.6) is 0 Å². The van der Waals surface area contributed by atoms with Crippen molar-refractivity contribution in [1.29, 1.82) is 0 Å². The van der Waals surface area contributed by atoms with Gasteiger partial charge in [0.2, 0.25) is 5.91 Å². The van der Waals surface area contributed by atoms with Crippen LogP contribution in [-0.2, 0) is 11.2 Å². The summed E-state index contributed by atoms with van der Waals surface area (Å²) in [6.45, 7) is 0. The Kier molecular flexibility index (Phi) is 5.84. The number of carbonyl (C=O) groups is 1. The van der Waals surface area contributed by atoms with Crippen molar-refractivity contribution in [1.82, 2.24) is 5.43 Å². The Morgan fingerprint density at radius 1 is 1.19 bits per heavy atom. The molecule has 3 nitrogen and oxygen atoms in total. The summed E-state index contributed by atoms with van der Waals surface area (Å²) in [5.74, 6) is -0.158. The van der Waals surface area contributed by atoms with Gasteiger partial charge in [0.25, 0.3) is 0 Å². The average Bonchev–Trinajstić information content (AvgIpc) is 2.50. The van der Waals surface area contributed by atoms with Crippen molar-refractivity contribution in [2.75, 3.05) is 6.26 Å². The van der Waals surface area contributed by atoms with Crippen molar-refractivity contribution in [3.05, 3.63) is 64.7 Å². The Balaban J connectivity index is 1.85. The van der Waals surface area contributed by atoms with E-state index in [1.807, 2.05) is 42.7 Å². The van der Waals surface area contributed by atoms with Crippen LogP contribution in [0.4, 0.5) is 0 Å². The van der Waals surface area contributed by atoms with Gasteiger partial charge < -0.3 is 0 Å². The molecule has 2 rings (SSSR count). The number of nitrogens with zero attached hydrogens (tertiary/aromatic N) is 1. The summed E-state index contributed by atoms with van der Waals surface area (Å²) in [4.78, 5) is 12.9. The first-order chi connectivity index (χ1) is 10.2. The van der Waals surface area contributed by atoms with E-state index in [2.05, 4.69) is 10.5 Å². The lowest BCUT2D eigenvalue weighted by Crippen LogP contribution is -2.19. The van der Waals surface area contributed by atoms with Crippen molar-refractivity contribution in [2.24, 2.45) is 5.10 Å². The maximum Gasteiger partial charge on any atom is 0.244 e. The highest BCUT2D eigenvalue weighted by atomic mass is 35.5. The molecule has 0 aromatic heterocycles. The molecule has 0 atom stereocenters. The fourth-order valence-electron chi connectivity index (χ4n) is 1.70. The first-order valence-corrected chi connectivity index (χ1v) is 7.98. The zero-order chi connectivity index (χ0) is 15.1. The number of hydrogen-bond donors (Lipinski definition) is 1. The molecule has 0 bridgehead atoms. The van der Waals surface area contributed by atoms with Crippen LogP contribution in [0.25, 0.3) is 0 Å². The Morgan fingerprint density at radius 3 is 2.48 bits per heavy atom. The number of amides is 1. The van der Waals surface area contributed by atoms with Gasteiger partial charge in [-0.3, -0.25) is 4.79 Å². The summed E-state index contributed by atoms with van der Waals surface area (Å²) in [5.41, 5.74) is 4.36. The molecular weight excluding hydrogens is 304 g/mol. The number of nitrogens with one attached hydrogen (secondary N) is 1. The van der Waals surface area contributed by atoms with Crippen molar-refractivity contribution in [3.8, 4) is 0 Å². The Labute approximate surface area is 133 Å². The van der Waals surface area contributed by atoms with Crippen LogP contribution in [0.2, 0.25) is 5.02 Å². The van der Waals surface area contributed by atoms with Gasteiger partial charge in [0, 0.05) is 9.92 Å². The molecule has 0 heterocycles. The molecule has 1 amide bonds. The van der Waals surface area contributed by atoms with Gasteiger partial charge in [-0.25, -0.2) is 5.43 Å². The van der Waals surface area contributed by atoms with Crippen LogP contribution in [0.15, 0.2) is 58.5 Å². The van der Waals surface area contributed by atoms with Crippen molar-refractivity contribution in [2.45, 2.75) is 11.3 Å². The lowest BCUT2D eigenvalue weighted by Gasteiger charge is -2.01. The van der Waals surface area contributed by atoms with E-state index in [4.69, 9.17) is 11.6 Å². The van der Waals surface area contributed by atoms with Gasteiger partial charge in [-0.1, -0.05) is 35.9 Å². The summed E-state index contributed by atoms with van der Waals surface area (Å²) in [7, 11) is 0. The molecule has 5 heteroatoms. The minimum atomic E-state index is -0.158. The first kappa shape index (κ1) is 15.6. The number of hydrazone groups is 1. The van der Waals surface area contributed by atoms with Crippen molar-refractivity contribution < 1.29 is 4.79 Å². The van der Waals surface area contributed by atoms with E-state index >= 15 is 0 Å². The van der Waals surface area contributed by atoms with E-state index in [1.54, 1.807) is 30.1 Å². The molecule has 2 aromatic carbocycles. The quantitative estimate of drug-likeness (QED) is 0.518. The lowest BCUT2D eigenvalue weighted by molar-refractivity contribution is -0.120. The third kappa shape index (κ3) is 5.25. The topological polar surface area (TPSA) is 41.5 Å². The predicted molar refractivity (Wildman–Crippen MR) is 89.1 cm³/mol. The second-order valence-electron chi connectivity index (χ2n) is 4.37. The molecule has 0 fully saturated rings. The zero-order valence-corrected chi connectivity index (χ0v) is 13.1. The number of carbonyl (C=O) groups excluding carboxylic acids is 1. The molecule has 21 heavy (non-hydrogen) atoms. The smallest absolute Gasteiger partial charge is 0.244 e. The Bertz CT molecular complexity index is 624. The van der Waals surface area contributed by atoms with E-state index < -0.39 is 0 Å². The molecule has 0 aliphatic heterocycles. The molecule has 0 saturated heterocycles. The van der Waals surface area contributed by atoms with Gasteiger partial charge in [0.05, 0.1) is 12.6 Å². The highest BCUT2D eigenvalue weighted by Crippen LogP contribution is 2.14. The number of rotatable bonds is 5. The minimum absolute atomic E-state index is 0.158. The van der Waals surface area contributed by atoms with Crippen LogP contribution in [0.1, 0.15) is 11.1 Å². The summed E-state index contributed by atoms with van der Waals surface area (Å²) in [6, 6.07) is 15.1. The second-order valence-corrected chi connectivity index (χ2v) is 5.69. The van der Waals surface area contributed by atoms with E-state index in [0.29, 0.717) is 5.02 Å². The summed E-state index contributed by atoms with van der Waals surface area (Å²) < 4.78 is 0. The van der Waals surface area contributed by atoms with Crippen molar-refractivity contribution in [3.63, 3.8) is 0 Å². The van der Waals surface area contributed by atoms with Gasteiger partial charge in [-0.15, -0.1) is 11.8 Å². The fraction of sp³-hybridized carbons (Fsp3) is 0.125. The minimum Gasteiger partial charge on any atom is -0.273 e. The maximum absolute atomic E-state index is 11.7. The van der Waals surface area contributed by atoms with Crippen LogP contribution in [-0.4, -0.2) is 18.4 Å². The SMILES string of the molecule is CSc1ccc(/C=N/NC(=O)Cc2ccc(Cl)cc2)cc1. The Hall–Kier alpha value is -1.78. The number of halogens is 1. The van der Waals surface area contributed by atoms with Crippen molar-refractivity contribution >= 4 is 35.5 Å². The van der Waals surface area contributed by atoms with Gasteiger partial charge in [-0.05, 0) is 41.6 Å². The number of hydrogen-bond acceptors (Lipinski definition) is 3. The lowest BCUT2D eigenvalue weighted by atomic mass is 10.1. The summed E-state index contributed by atoms with van der Waals surface area (Å²) in [6.07, 6.45) is 3.93. The molecule has 0 spiro atoms. The number of thioether (sulfide) groups is 1. The van der Waals surface area contributed by atoms with Gasteiger partial charge >= 0.3 is 0 Å². The third-order valence-corrected chi connectivity index (χ3v) is 3.79. The molecule has 108 valence electrons. The highest BCUT2D eigenvalue weighted by molar-refractivity contribution is 7.98. The normalized spacial score (nSPS) is 10.8. The predicted octanol–water partition coefficient (Wildman–Crippen LogP) is 3.75.